The number of rotatable bonds is 4. The quantitative estimate of drug-likeness (QED) is 0.855. The molecular formula is C15H18N2. The lowest BCUT2D eigenvalue weighted by Crippen LogP contribution is -1.99. The topological polar surface area (TPSA) is 24.9 Å². The zero-order chi connectivity index (χ0) is 12.1. The van der Waals surface area contributed by atoms with Gasteiger partial charge in [-0.05, 0) is 31.5 Å². The van der Waals surface area contributed by atoms with Crippen LogP contribution in [0.2, 0.25) is 0 Å². The predicted molar refractivity (Wildman–Crippen MR) is 73.2 cm³/mol. The number of nitrogens with zero attached hydrogens (tertiary/aromatic N) is 1. The van der Waals surface area contributed by atoms with E-state index in [4.69, 9.17) is 0 Å². The molecule has 1 aromatic heterocycles. The molecule has 1 N–H and O–H groups in total. The SMILES string of the molecule is CCCNc1ccnc(-c2cccc(C)c2)c1. The molecule has 0 amide bonds. The van der Waals surface area contributed by atoms with Crippen molar-refractivity contribution < 1.29 is 0 Å². The lowest BCUT2D eigenvalue weighted by Gasteiger charge is -2.07. The molecule has 0 aliphatic heterocycles. The minimum absolute atomic E-state index is 0.997. The maximum atomic E-state index is 4.42. The van der Waals surface area contributed by atoms with Crippen molar-refractivity contribution in [2.45, 2.75) is 20.3 Å². The van der Waals surface area contributed by atoms with Gasteiger partial charge in [0, 0.05) is 24.0 Å². The molecule has 0 aliphatic rings. The molecule has 0 unspecified atom stereocenters. The maximum Gasteiger partial charge on any atom is 0.0722 e. The van der Waals surface area contributed by atoms with Gasteiger partial charge in [0.1, 0.15) is 0 Å². The molecule has 88 valence electrons. The molecule has 0 radical (unpaired) electrons. The number of hydrogen-bond donors (Lipinski definition) is 1. The average molecular weight is 226 g/mol. The van der Waals surface area contributed by atoms with E-state index in [9.17, 15) is 0 Å². The van der Waals surface area contributed by atoms with Crippen molar-refractivity contribution in [2.24, 2.45) is 0 Å². The van der Waals surface area contributed by atoms with E-state index in [-0.39, 0.29) is 0 Å². The first-order valence-electron chi connectivity index (χ1n) is 6.06. The lowest BCUT2D eigenvalue weighted by atomic mass is 10.1. The summed E-state index contributed by atoms with van der Waals surface area (Å²) in [6, 6.07) is 12.5. The minimum Gasteiger partial charge on any atom is -0.385 e. The van der Waals surface area contributed by atoms with Gasteiger partial charge in [-0.25, -0.2) is 0 Å². The van der Waals surface area contributed by atoms with Crippen LogP contribution in [0.4, 0.5) is 5.69 Å². The fourth-order valence-corrected chi connectivity index (χ4v) is 1.77. The van der Waals surface area contributed by atoms with Gasteiger partial charge >= 0.3 is 0 Å². The van der Waals surface area contributed by atoms with E-state index in [1.807, 2.05) is 12.3 Å². The monoisotopic (exact) mass is 226 g/mol. The van der Waals surface area contributed by atoms with Gasteiger partial charge in [0.05, 0.1) is 5.69 Å². The highest BCUT2D eigenvalue weighted by Crippen LogP contribution is 2.20. The number of anilines is 1. The third-order valence-electron chi connectivity index (χ3n) is 2.65. The number of benzene rings is 1. The van der Waals surface area contributed by atoms with Crippen LogP contribution in [0.5, 0.6) is 0 Å². The predicted octanol–water partition coefficient (Wildman–Crippen LogP) is 3.88. The molecule has 0 aliphatic carbocycles. The first-order valence-corrected chi connectivity index (χ1v) is 6.06. The zero-order valence-electron chi connectivity index (χ0n) is 10.4. The normalized spacial score (nSPS) is 10.2. The molecule has 0 fully saturated rings. The molecule has 0 saturated heterocycles. The van der Waals surface area contributed by atoms with E-state index in [2.05, 4.69) is 54.5 Å². The second-order valence-corrected chi connectivity index (χ2v) is 4.23. The van der Waals surface area contributed by atoms with Gasteiger partial charge in [-0.2, -0.15) is 0 Å². The standard InChI is InChI=1S/C15H18N2/c1-3-8-16-14-7-9-17-15(11-14)13-6-4-5-12(2)10-13/h4-7,9-11H,3,8H2,1-2H3,(H,16,17). The van der Waals surface area contributed by atoms with Crippen molar-refractivity contribution in [1.82, 2.24) is 4.98 Å². The van der Waals surface area contributed by atoms with Crippen molar-refractivity contribution in [3.63, 3.8) is 0 Å². The van der Waals surface area contributed by atoms with Crippen LogP contribution >= 0.6 is 0 Å². The van der Waals surface area contributed by atoms with Crippen molar-refractivity contribution in [3.8, 4) is 11.3 Å². The van der Waals surface area contributed by atoms with Crippen LogP contribution in [0.3, 0.4) is 0 Å². The van der Waals surface area contributed by atoms with Crippen LogP contribution in [0.25, 0.3) is 11.3 Å². The summed E-state index contributed by atoms with van der Waals surface area (Å²) in [6.45, 7) is 5.26. The largest absolute Gasteiger partial charge is 0.385 e. The van der Waals surface area contributed by atoms with E-state index >= 15 is 0 Å². The number of aromatic nitrogens is 1. The van der Waals surface area contributed by atoms with E-state index in [0.29, 0.717) is 0 Å². The summed E-state index contributed by atoms with van der Waals surface area (Å²) in [5, 5.41) is 3.38. The Labute approximate surface area is 103 Å². The number of nitrogens with one attached hydrogen (secondary N) is 1. The van der Waals surface area contributed by atoms with Crippen LogP contribution in [-0.4, -0.2) is 11.5 Å². The molecule has 17 heavy (non-hydrogen) atoms. The van der Waals surface area contributed by atoms with Crippen molar-refractivity contribution in [3.05, 3.63) is 48.2 Å². The van der Waals surface area contributed by atoms with E-state index in [0.717, 1.165) is 24.3 Å². The van der Waals surface area contributed by atoms with E-state index in [1.165, 1.54) is 11.1 Å². The first-order chi connectivity index (χ1) is 8.29. The summed E-state index contributed by atoms with van der Waals surface area (Å²) in [4.78, 5) is 4.42. The molecule has 2 aromatic rings. The molecule has 0 saturated carbocycles. The van der Waals surface area contributed by atoms with Gasteiger partial charge in [-0.1, -0.05) is 30.7 Å². The second-order valence-electron chi connectivity index (χ2n) is 4.23. The summed E-state index contributed by atoms with van der Waals surface area (Å²) in [5.41, 5.74) is 4.59. The molecule has 2 heteroatoms. The van der Waals surface area contributed by atoms with Crippen LogP contribution in [0, 0.1) is 6.92 Å². The highest BCUT2D eigenvalue weighted by molar-refractivity contribution is 5.64. The number of pyridine rings is 1. The van der Waals surface area contributed by atoms with E-state index < -0.39 is 0 Å². The van der Waals surface area contributed by atoms with Crippen molar-refractivity contribution in [1.29, 1.82) is 0 Å². The zero-order valence-corrected chi connectivity index (χ0v) is 10.4. The lowest BCUT2D eigenvalue weighted by molar-refractivity contribution is 0.979. The Morgan fingerprint density at radius 2 is 2.06 bits per heavy atom. The summed E-state index contributed by atoms with van der Waals surface area (Å²) < 4.78 is 0. The molecule has 2 nitrogen and oxygen atoms in total. The second kappa shape index (κ2) is 5.48. The summed E-state index contributed by atoms with van der Waals surface area (Å²) >= 11 is 0. The Balaban J connectivity index is 2.26. The molecule has 0 atom stereocenters. The van der Waals surface area contributed by atoms with Crippen molar-refractivity contribution >= 4 is 5.69 Å². The van der Waals surface area contributed by atoms with Gasteiger partial charge < -0.3 is 5.32 Å². The third kappa shape index (κ3) is 3.06. The maximum absolute atomic E-state index is 4.42. The summed E-state index contributed by atoms with van der Waals surface area (Å²) in [7, 11) is 0. The van der Waals surface area contributed by atoms with Crippen molar-refractivity contribution in [2.75, 3.05) is 11.9 Å². The Bertz CT molecular complexity index is 492. The smallest absolute Gasteiger partial charge is 0.0722 e. The van der Waals surface area contributed by atoms with Gasteiger partial charge in [-0.3, -0.25) is 4.98 Å². The molecule has 2 rings (SSSR count). The molecule has 1 heterocycles. The molecule has 1 aromatic carbocycles. The summed E-state index contributed by atoms with van der Waals surface area (Å²) in [6.07, 6.45) is 2.98. The molecule has 0 bridgehead atoms. The Kier molecular flexibility index (Phi) is 3.76. The van der Waals surface area contributed by atoms with Crippen LogP contribution in [0.15, 0.2) is 42.6 Å². The fourth-order valence-electron chi connectivity index (χ4n) is 1.77. The number of aryl methyl sites for hydroxylation is 1. The highest BCUT2D eigenvalue weighted by Gasteiger charge is 2.00. The average Bonchev–Trinajstić information content (AvgIpc) is 2.37. The van der Waals surface area contributed by atoms with Gasteiger partial charge in [0.2, 0.25) is 0 Å². The highest BCUT2D eigenvalue weighted by atomic mass is 14.9. The minimum atomic E-state index is 0.997. The first kappa shape index (κ1) is 11.6. The van der Waals surface area contributed by atoms with Crippen LogP contribution in [0.1, 0.15) is 18.9 Å². The molecular weight excluding hydrogens is 208 g/mol. The van der Waals surface area contributed by atoms with Gasteiger partial charge in [0.25, 0.3) is 0 Å². The third-order valence-corrected chi connectivity index (χ3v) is 2.65. The fraction of sp³-hybridized carbons (Fsp3) is 0.267. The Morgan fingerprint density at radius 1 is 1.18 bits per heavy atom. The molecule has 0 spiro atoms. The van der Waals surface area contributed by atoms with Gasteiger partial charge in [-0.15, -0.1) is 0 Å². The summed E-state index contributed by atoms with van der Waals surface area (Å²) in [5.74, 6) is 0. The van der Waals surface area contributed by atoms with E-state index in [1.54, 1.807) is 0 Å². The Morgan fingerprint density at radius 3 is 2.82 bits per heavy atom. The van der Waals surface area contributed by atoms with Crippen LogP contribution in [-0.2, 0) is 0 Å². The number of hydrogen-bond acceptors (Lipinski definition) is 2. The van der Waals surface area contributed by atoms with Crippen LogP contribution < -0.4 is 5.32 Å². The van der Waals surface area contributed by atoms with Gasteiger partial charge in [0.15, 0.2) is 0 Å². The Hall–Kier alpha value is -1.83.